The fourth-order valence-electron chi connectivity index (χ4n) is 1.66. The smallest absolute Gasteiger partial charge is 0.211 e. The maximum absolute atomic E-state index is 11.3. The summed E-state index contributed by atoms with van der Waals surface area (Å²) < 4.78 is 1.04. The number of hydrogen-bond donors (Lipinski definition) is 0. The Kier molecular flexibility index (Phi) is 8.92. The quantitative estimate of drug-likeness (QED) is 0.472. The number of carbonyl (C=O) groups excluding carboxylic acids is 2. The minimum Gasteiger partial charge on any atom is -0.282 e. The number of carbonyl (C=O) groups is 2. The van der Waals surface area contributed by atoms with Gasteiger partial charge in [0.05, 0.1) is 9.16 Å². The zero-order valence-electron chi connectivity index (χ0n) is 12.3. The molecule has 124 valence electrons. The highest BCUT2D eigenvalue weighted by atomic mass is 32.2. The molecule has 8 heteroatoms. The SMILES string of the molecule is C=CC(=O)SCC1=CSC(CC2SC=C(CSC(=O)C=C)S2)S1. The van der Waals surface area contributed by atoms with Crippen molar-refractivity contribution in [3.05, 3.63) is 45.9 Å². The first-order chi connectivity index (χ1) is 11.1. The van der Waals surface area contributed by atoms with E-state index >= 15 is 0 Å². The van der Waals surface area contributed by atoms with Crippen LogP contribution in [0.15, 0.2) is 45.9 Å². The van der Waals surface area contributed by atoms with Gasteiger partial charge in [0.2, 0.25) is 10.2 Å². The largest absolute Gasteiger partial charge is 0.282 e. The minimum atomic E-state index is 0.0299. The number of thioether (sulfide) groups is 6. The molecule has 0 aromatic heterocycles. The molecule has 0 aromatic rings. The van der Waals surface area contributed by atoms with E-state index in [4.69, 9.17) is 0 Å². The van der Waals surface area contributed by atoms with E-state index in [2.05, 4.69) is 24.0 Å². The molecule has 0 fully saturated rings. The molecule has 0 aliphatic carbocycles. The summed E-state index contributed by atoms with van der Waals surface area (Å²) in [5, 5.41) is 4.41. The third-order valence-corrected chi connectivity index (χ3v) is 10.3. The highest BCUT2D eigenvalue weighted by Crippen LogP contribution is 2.50. The highest BCUT2D eigenvalue weighted by Gasteiger charge is 2.26. The second-order valence-electron chi connectivity index (χ2n) is 4.39. The van der Waals surface area contributed by atoms with Crippen molar-refractivity contribution in [2.75, 3.05) is 11.5 Å². The Morgan fingerprint density at radius 1 is 0.957 bits per heavy atom. The van der Waals surface area contributed by atoms with Gasteiger partial charge in [0.25, 0.3) is 0 Å². The minimum absolute atomic E-state index is 0.0299. The lowest BCUT2D eigenvalue weighted by molar-refractivity contribution is -0.107. The monoisotopic (exact) mass is 420 g/mol. The maximum atomic E-state index is 11.3. The van der Waals surface area contributed by atoms with E-state index in [-0.39, 0.29) is 10.2 Å². The summed E-state index contributed by atoms with van der Waals surface area (Å²) >= 11 is 10.0. The summed E-state index contributed by atoms with van der Waals surface area (Å²) in [7, 11) is 0. The molecule has 0 saturated heterocycles. The third kappa shape index (κ3) is 7.04. The molecular weight excluding hydrogens is 405 g/mol. The Morgan fingerprint density at radius 2 is 1.39 bits per heavy atom. The van der Waals surface area contributed by atoms with Gasteiger partial charge in [-0.05, 0) is 29.4 Å². The summed E-state index contributed by atoms with van der Waals surface area (Å²) in [4.78, 5) is 25.0. The molecule has 2 unspecified atom stereocenters. The zero-order valence-corrected chi connectivity index (χ0v) is 17.2. The Balaban J connectivity index is 1.64. The van der Waals surface area contributed by atoms with E-state index in [1.54, 1.807) is 0 Å². The molecule has 2 heterocycles. The van der Waals surface area contributed by atoms with Crippen LogP contribution in [0.25, 0.3) is 0 Å². The fraction of sp³-hybridized carbons (Fsp3) is 0.333. The van der Waals surface area contributed by atoms with Gasteiger partial charge in [0.1, 0.15) is 0 Å². The first kappa shape index (κ1) is 19.7. The predicted octanol–water partition coefficient (Wildman–Crippen LogP) is 5.56. The number of hydrogen-bond acceptors (Lipinski definition) is 8. The van der Waals surface area contributed by atoms with Crippen LogP contribution in [0.5, 0.6) is 0 Å². The Labute approximate surface area is 162 Å². The molecule has 0 N–H and O–H groups in total. The van der Waals surface area contributed by atoms with Crippen LogP contribution in [0, 0.1) is 0 Å². The third-order valence-electron chi connectivity index (χ3n) is 2.70. The Hall–Kier alpha value is 0.400. The molecule has 23 heavy (non-hydrogen) atoms. The summed E-state index contributed by atoms with van der Waals surface area (Å²) in [6.45, 7) is 6.97. The van der Waals surface area contributed by atoms with Gasteiger partial charge in [-0.15, -0.1) is 47.0 Å². The van der Waals surface area contributed by atoms with Gasteiger partial charge in [-0.25, -0.2) is 0 Å². The lowest BCUT2D eigenvalue weighted by Crippen LogP contribution is -2.02. The molecule has 2 nitrogen and oxygen atoms in total. The molecule has 2 aliphatic rings. The predicted molar refractivity (Wildman–Crippen MR) is 114 cm³/mol. The van der Waals surface area contributed by atoms with Crippen molar-refractivity contribution < 1.29 is 9.59 Å². The van der Waals surface area contributed by atoms with Gasteiger partial charge in [-0.1, -0.05) is 36.7 Å². The molecule has 0 spiro atoms. The van der Waals surface area contributed by atoms with Crippen LogP contribution in [0.2, 0.25) is 0 Å². The molecular formula is C15H16O2S6. The van der Waals surface area contributed by atoms with Crippen molar-refractivity contribution in [3.8, 4) is 0 Å². The molecule has 0 bridgehead atoms. The summed E-state index contributed by atoms with van der Waals surface area (Å²) in [6, 6.07) is 0. The second kappa shape index (κ2) is 10.4. The van der Waals surface area contributed by atoms with Crippen molar-refractivity contribution >= 4 is 80.8 Å². The van der Waals surface area contributed by atoms with Crippen LogP contribution in [-0.2, 0) is 9.59 Å². The standard InChI is InChI=1S/C15H16O2S6/c1-3-12(16)18-6-10-8-20-14(22-10)5-15-21-9-11(23-15)7-19-13(17)4-2/h3-4,8-9,14-15H,1-2,5-7H2. The van der Waals surface area contributed by atoms with E-state index in [1.807, 2.05) is 47.0 Å². The van der Waals surface area contributed by atoms with Crippen molar-refractivity contribution in [1.82, 2.24) is 0 Å². The first-order valence-corrected chi connectivity index (χ1v) is 12.3. The molecule has 2 atom stereocenters. The van der Waals surface area contributed by atoms with Crippen LogP contribution in [0.1, 0.15) is 6.42 Å². The van der Waals surface area contributed by atoms with Gasteiger partial charge in [0, 0.05) is 21.3 Å². The Bertz CT molecular complexity index is 506. The zero-order chi connectivity index (χ0) is 16.7. The van der Waals surface area contributed by atoms with Crippen LogP contribution < -0.4 is 0 Å². The lowest BCUT2D eigenvalue weighted by Gasteiger charge is -2.14. The van der Waals surface area contributed by atoms with Crippen LogP contribution in [-0.4, -0.2) is 30.9 Å². The van der Waals surface area contributed by atoms with Crippen molar-refractivity contribution in [3.63, 3.8) is 0 Å². The van der Waals surface area contributed by atoms with Gasteiger partial charge >= 0.3 is 0 Å². The van der Waals surface area contributed by atoms with E-state index in [0.717, 1.165) is 17.9 Å². The topological polar surface area (TPSA) is 34.1 Å². The van der Waals surface area contributed by atoms with Crippen LogP contribution in [0.3, 0.4) is 0 Å². The molecule has 0 aromatic carbocycles. The van der Waals surface area contributed by atoms with Crippen LogP contribution >= 0.6 is 70.6 Å². The van der Waals surface area contributed by atoms with Gasteiger partial charge in [0.15, 0.2) is 0 Å². The average Bonchev–Trinajstić information content (AvgIpc) is 3.20. The molecule has 0 saturated carbocycles. The first-order valence-electron chi connectivity index (χ1n) is 6.71. The molecule has 0 radical (unpaired) electrons. The van der Waals surface area contributed by atoms with E-state index < -0.39 is 0 Å². The molecule has 0 amide bonds. The fourth-order valence-corrected chi connectivity index (χ4v) is 9.15. The second-order valence-corrected chi connectivity index (χ2v) is 11.8. The Morgan fingerprint density at radius 3 is 1.78 bits per heavy atom. The molecule has 2 aliphatic heterocycles. The van der Waals surface area contributed by atoms with Gasteiger partial charge < -0.3 is 0 Å². The number of rotatable bonds is 8. The van der Waals surface area contributed by atoms with E-state index in [0.29, 0.717) is 9.16 Å². The highest BCUT2D eigenvalue weighted by molar-refractivity contribution is 8.25. The van der Waals surface area contributed by atoms with Gasteiger partial charge in [-0.2, -0.15) is 0 Å². The summed E-state index contributed by atoms with van der Waals surface area (Å²) in [5.41, 5.74) is 0. The lowest BCUT2D eigenvalue weighted by atomic mass is 10.5. The van der Waals surface area contributed by atoms with Gasteiger partial charge in [-0.3, -0.25) is 9.59 Å². The van der Waals surface area contributed by atoms with E-state index in [9.17, 15) is 9.59 Å². The van der Waals surface area contributed by atoms with Crippen LogP contribution in [0.4, 0.5) is 0 Å². The van der Waals surface area contributed by atoms with Crippen molar-refractivity contribution in [2.45, 2.75) is 15.6 Å². The molecule has 2 rings (SSSR count). The van der Waals surface area contributed by atoms with Crippen molar-refractivity contribution in [1.29, 1.82) is 0 Å². The average molecular weight is 421 g/mol. The summed E-state index contributed by atoms with van der Waals surface area (Å²) in [6.07, 6.45) is 3.83. The van der Waals surface area contributed by atoms with E-state index in [1.165, 1.54) is 45.5 Å². The van der Waals surface area contributed by atoms with Crippen molar-refractivity contribution in [2.24, 2.45) is 0 Å². The maximum Gasteiger partial charge on any atom is 0.211 e. The summed E-state index contributed by atoms with van der Waals surface area (Å²) in [5.74, 6) is 1.49. The normalized spacial score (nSPS) is 23.3.